The standard InChI is InChI=1S/C11H15N3O3/c1-7-5-9(14-17-7)13-11(16)10(15)12-6-8-3-2-4-8/h5,8H,2-4,6H2,1H3,(H,12,15)(H,13,14,16). The van der Waals surface area contributed by atoms with Crippen molar-refractivity contribution < 1.29 is 14.1 Å². The first-order valence-corrected chi connectivity index (χ1v) is 5.67. The van der Waals surface area contributed by atoms with E-state index in [-0.39, 0.29) is 5.82 Å². The Kier molecular flexibility index (Phi) is 3.41. The first-order valence-electron chi connectivity index (χ1n) is 5.67. The minimum Gasteiger partial charge on any atom is -0.360 e. The third kappa shape index (κ3) is 3.05. The second kappa shape index (κ2) is 4.99. The Bertz CT molecular complexity index is 423. The molecule has 0 radical (unpaired) electrons. The van der Waals surface area contributed by atoms with E-state index in [2.05, 4.69) is 15.8 Å². The average Bonchev–Trinajstić information content (AvgIpc) is 2.61. The second-order valence-corrected chi connectivity index (χ2v) is 4.28. The molecule has 0 unspecified atom stereocenters. The van der Waals surface area contributed by atoms with Crippen LogP contribution < -0.4 is 10.6 Å². The molecule has 1 aromatic heterocycles. The summed E-state index contributed by atoms with van der Waals surface area (Å²) in [6.07, 6.45) is 3.47. The summed E-state index contributed by atoms with van der Waals surface area (Å²) in [5.74, 6) is 0.0256. The number of nitrogens with zero attached hydrogens (tertiary/aromatic N) is 1. The lowest BCUT2D eigenvalue weighted by atomic mass is 9.85. The number of nitrogens with one attached hydrogen (secondary N) is 2. The van der Waals surface area contributed by atoms with Crippen molar-refractivity contribution in [2.75, 3.05) is 11.9 Å². The fourth-order valence-electron chi connectivity index (χ4n) is 1.61. The smallest absolute Gasteiger partial charge is 0.314 e. The van der Waals surface area contributed by atoms with Crippen LogP contribution in [-0.2, 0) is 9.59 Å². The zero-order chi connectivity index (χ0) is 12.3. The highest BCUT2D eigenvalue weighted by Crippen LogP contribution is 2.25. The van der Waals surface area contributed by atoms with E-state index in [4.69, 9.17) is 4.52 Å². The third-order valence-corrected chi connectivity index (χ3v) is 2.85. The SMILES string of the molecule is Cc1cc(NC(=O)C(=O)NCC2CCC2)no1. The summed E-state index contributed by atoms with van der Waals surface area (Å²) in [4.78, 5) is 22.9. The number of rotatable bonds is 3. The Morgan fingerprint density at radius 2 is 2.24 bits per heavy atom. The fraction of sp³-hybridized carbons (Fsp3) is 0.545. The van der Waals surface area contributed by atoms with E-state index in [1.165, 1.54) is 6.42 Å². The maximum absolute atomic E-state index is 11.4. The topological polar surface area (TPSA) is 84.2 Å². The molecule has 1 aliphatic rings. The minimum atomic E-state index is -0.711. The molecule has 6 heteroatoms. The largest absolute Gasteiger partial charge is 0.360 e. The molecule has 0 aliphatic heterocycles. The van der Waals surface area contributed by atoms with Crippen LogP contribution in [0.25, 0.3) is 0 Å². The number of carbonyl (C=O) groups excluding carboxylic acids is 2. The van der Waals surface area contributed by atoms with E-state index in [9.17, 15) is 9.59 Å². The lowest BCUT2D eigenvalue weighted by molar-refractivity contribution is -0.136. The van der Waals surface area contributed by atoms with E-state index in [1.54, 1.807) is 13.0 Å². The molecule has 6 nitrogen and oxygen atoms in total. The molecule has 1 fully saturated rings. The number of aromatic nitrogens is 1. The van der Waals surface area contributed by atoms with Crippen LogP contribution in [0.3, 0.4) is 0 Å². The minimum absolute atomic E-state index is 0.256. The second-order valence-electron chi connectivity index (χ2n) is 4.28. The van der Waals surface area contributed by atoms with Crippen molar-refractivity contribution >= 4 is 17.6 Å². The Labute approximate surface area is 98.7 Å². The Balaban J connectivity index is 1.76. The predicted octanol–water partition coefficient (Wildman–Crippen LogP) is 0.838. The van der Waals surface area contributed by atoms with Gasteiger partial charge in [0.25, 0.3) is 0 Å². The quantitative estimate of drug-likeness (QED) is 0.763. The van der Waals surface area contributed by atoms with Gasteiger partial charge in [0.1, 0.15) is 5.76 Å². The molecule has 1 aromatic rings. The van der Waals surface area contributed by atoms with Crippen molar-refractivity contribution in [1.82, 2.24) is 10.5 Å². The number of anilines is 1. The van der Waals surface area contributed by atoms with Gasteiger partial charge in [0.05, 0.1) is 0 Å². The molecule has 0 bridgehead atoms. The fourth-order valence-corrected chi connectivity index (χ4v) is 1.61. The molecule has 0 atom stereocenters. The highest BCUT2D eigenvalue weighted by Gasteiger charge is 2.20. The van der Waals surface area contributed by atoms with Gasteiger partial charge in [0.15, 0.2) is 5.82 Å². The van der Waals surface area contributed by atoms with Crippen LogP contribution in [0.2, 0.25) is 0 Å². The number of hydrogen-bond donors (Lipinski definition) is 2. The Morgan fingerprint density at radius 3 is 2.76 bits per heavy atom. The number of amides is 2. The van der Waals surface area contributed by atoms with Crippen LogP contribution in [0.15, 0.2) is 10.6 Å². The summed E-state index contributed by atoms with van der Waals surface area (Å²) in [5.41, 5.74) is 0. The van der Waals surface area contributed by atoms with Gasteiger partial charge in [0, 0.05) is 12.6 Å². The van der Waals surface area contributed by atoms with Gasteiger partial charge in [0.2, 0.25) is 0 Å². The third-order valence-electron chi connectivity index (χ3n) is 2.85. The van der Waals surface area contributed by atoms with Gasteiger partial charge in [-0.05, 0) is 25.7 Å². The number of aryl methyl sites for hydroxylation is 1. The zero-order valence-corrected chi connectivity index (χ0v) is 9.66. The molecule has 2 amide bonds. The van der Waals surface area contributed by atoms with Crippen molar-refractivity contribution in [2.45, 2.75) is 26.2 Å². The molecule has 0 aromatic carbocycles. The van der Waals surface area contributed by atoms with Crippen molar-refractivity contribution in [2.24, 2.45) is 5.92 Å². The number of carbonyl (C=O) groups is 2. The van der Waals surface area contributed by atoms with Crippen molar-refractivity contribution in [3.63, 3.8) is 0 Å². The molecule has 2 N–H and O–H groups in total. The molecule has 0 saturated heterocycles. The Morgan fingerprint density at radius 1 is 1.47 bits per heavy atom. The van der Waals surface area contributed by atoms with Gasteiger partial charge in [-0.25, -0.2) is 0 Å². The molecule has 1 heterocycles. The highest BCUT2D eigenvalue weighted by atomic mass is 16.5. The van der Waals surface area contributed by atoms with Crippen LogP contribution in [-0.4, -0.2) is 23.5 Å². The van der Waals surface area contributed by atoms with Gasteiger partial charge in [-0.1, -0.05) is 11.6 Å². The van der Waals surface area contributed by atoms with E-state index < -0.39 is 11.8 Å². The molecule has 2 rings (SSSR count). The first-order chi connectivity index (χ1) is 8.15. The molecule has 1 aliphatic carbocycles. The lowest BCUT2D eigenvalue weighted by Crippen LogP contribution is -2.39. The highest BCUT2D eigenvalue weighted by molar-refractivity contribution is 6.39. The first kappa shape index (κ1) is 11.6. The van der Waals surface area contributed by atoms with Crippen LogP contribution in [0.1, 0.15) is 25.0 Å². The van der Waals surface area contributed by atoms with E-state index in [0.717, 1.165) is 12.8 Å². The summed E-state index contributed by atoms with van der Waals surface area (Å²) >= 11 is 0. The van der Waals surface area contributed by atoms with Gasteiger partial charge in [-0.3, -0.25) is 14.9 Å². The molecular weight excluding hydrogens is 222 g/mol. The normalized spacial score (nSPS) is 15.1. The van der Waals surface area contributed by atoms with Gasteiger partial charge >= 0.3 is 11.8 Å². The maximum atomic E-state index is 11.4. The van der Waals surface area contributed by atoms with E-state index >= 15 is 0 Å². The molecular formula is C11H15N3O3. The van der Waals surface area contributed by atoms with E-state index in [0.29, 0.717) is 18.2 Å². The monoisotopic (exact) mass is 237 g/mol. The van der Waals surface area contributed by atoms with Gasteiger partial charge in [-0.2, -0.15) is 0 Å². The van der Waals surface area contributed by atoms with Crippen molar-refractivity contribution in [3.05, 3.63) is 11.8 Å². The van der Waals surface area contributed by atoms with Crippen LogP contribution in [0.5, 0.6) is 0 Å². The van der Waals surface area contributed by atoms with Crippen LogP contribution >= 0.6 is 0 Å². The van der Waals surface area contributed by atoms with Crippen molar-refractivity contribution in [3.8, 4) is 0 Å². The number of hydrogen-bond acceptors (Lipinski definition) is 4. The van der Waals surface area contributed by atoms with Crippen LogP contribution in [0, 0.1) is 12.8 Å². The predicted molar refractivity (Wildman–Crippen MR) is 60.2 cm³/mol. The van der Waals surface area contributed by atoms with Crippen LogP contribution in [0.4, 0.5) is 5.82 Å². The molecule has 0 spiro atoms. The molecule has 1 saturated carbocycles. The lowest BCUT2D eigenvalue weighted by Gasteiger charge is -2.25. The zero-order valence-electron chi connectivity index (χ0n) is 9.66. The van der Waals surface area contributed by atoms with Crippen molar-refractivity contribution in [1.29, 1.82) is 0 Å². The van der Waals surface area contributed by atoms with Gasteiger partial charge in [-0.15, -0.1) is 0 Å². The maximum Gasteiger partial charge on any atom is 0.314 e. The summed E-state index contributed by atoms with van der Waals surface area (Å²) in [7, 11) is 0. The summed E-state index contributed by atoms with van der Waals surface area (Å²) in [6, 6.07) is 1.55. The molecule has 92 valence electrons. The average molecular weight is 237 g/mol. The summed E-state index contributed by atoms with van der Waals surface area (Å²) in [5, 5.41) is 8.54. The molecule has 17 heavy (non-hydrogen) atoms. The van der Waals surface area contributed by atoms with E-state index in [1.807, 2.05) is 0 Å². The van der Waals surface area contributed by atoms with Gasteiger partial charge < -0.3 is 9.84 Å². The summed E-state index contributed by atoms with van der Waals surface area (Å²) in [6.45, 7) is 2.28. The Hall–Kier alpha value is -1.85. The summed E-state index contributed by atoms with van der Waals surface area (Å²) < 4.78 is 4.77.